The third-order valence-electron chi connectivity index (χ3n) is 0. The zero-order valence-electron chi connectivity index (χ0n) is 10.5. The first-order valence-corrected chi connectivity index (χ1v) is 2.72. The van der Waals surface area contributed by atoms with Gasteiger partial charge in [-0.2, -0.15) is 0 Å². The van der Waals surface area contributed by atoms with Crippen molar-refractivity contribution in [1.82, 2.24) is 0 Å². The van der Waals surface area contributed by atoms with Crippen LogP contribution in [0.4, 0.5) is 0 Å². The standard InChI is InChI=1S/3C2H4O2.La.6H2O/c3*1-2(3)4;;;;;;;/h3*1H3,(H,3,4);;6*1H2/q;;;+3;;;;;;/p-3. The molecule has 0 unspecified atom stereocenters. The molecular weight excluding hydrogens is 403 g/mol. The fraction of sp³-hybridized carbons (Fsp3) is 0.500. The summed E-state index contributed by atoms with van der Waals surface area (Å²) in [6.07, 6.45) is 0. The fourth-order valence-corrected chi connectivity index (χ4v) is 0. The van der Waals surface area contributed by atoms with Crippen LogP contribution in [-0.2, 0) is 14.4 Å². The van der Waals surface area contributed by atoms with Crippen molar-refractivity contribution < 1.29 is 98.2 Å². The Hall–Kier alpha value is -0.635. The second kappa shape index (κ2) is 66.5. The molecule has 120 valence electrons. The quantitative estimate of drug-likeness (QED) is 0.363. The Morgan fingerprint density at radius 2 is 0.526 bits per heavy atom. The SMILES string of the molecule is CC(=O)[O-].CC(=O)[O-].CC(=O)[O-].O.O.O.O.O.O.[La+3]. The summed E-state index contributed by atoms with van der Waals surface area (Å²) < 4.78 is 0. The van der Waals surface area contributed by atoms with E-state index in [1.807, 2.05) is 0 Å². The number of hydrogen-bond donors (Lipinski definition) is 0. The summed E-state index contributed by atoms with van der Waals surface area (Å²) in [4.78, 5) is 26.7. The molecule has 0 aromatic carbocycles. The molecule has 0 fully saturated rings. The summed E-state index contributed by atoms with van der Waals surface area (Å²) in [6, 6.07) is 0. The van der Waals surface area contributed by atoms with E-state index in [1.165, 1.54) is 0 Å². The minimum Gasteiger partial charge on any atom is -0.550 e. The van der Waals surface area contributed by atoms with Gasteiger partial charge in [0.2, 0.25) is 0 Å². The van der Waals surface area contributed by atoms with E-state index < -0.39 is 17.9 Å². The Morgan fingerprint density at radius 3 is 0.526 bits per heavy atom. The van der Waals surface area contributed by atoms with E-state index >= 15 is 0 Å². The monoisotopic (exact) mass is 424 g/mol. The molecule has 0 radical (unpaired) electrons. The number of carbonyl (C=O) groups is 3. The molecule has 0 aliphatic carbocycles. The van der Waals surface area contributed by atoms with Gasteiger partial charge in [-0.15, -0.1) is 0 Å². The molecule has 0 aromatic rings. The van der Waals surface area contributed by atoms with Crippen LogP contribution in [0.2, 0.25) is 0 Å². The maximum absolute atomic E-state index is 8.89. The van der Waals surface area contributed by atoms with Crippen molar-refractivity contribution in [3.05, 3.63) is 0 Å². The Bertz CT molecular complexity index is 120. The van der Waals surface area contributed by atoms with Gasteiger partial charge in [-0.3, -0.25) is 0 Å². The van der Waals surface area contributed by atoms with Gasteiger partial charge in [-0.1, -0.05) is 0 Å². The molecule has 0 spiro atoms. The molecule has 12 nitrogen and oxygen atoms in total. The predicted molar refractivity (Wildman–Crippen MR) is 53.7 cm³/mol. The van der Waals surface area contributed by atoms with E-state index in [0.29, 0.717) is 0 Å². The fourth-order valence-electron chi connectivity index (χ4n) is 0. The van der Waals surface area contributed by atoms with Gasteiger partial charge < -0.3 is 62.6 Å². The largest absolute Gasteiger partial charge is 3.00 e. The Morgan fingerprint density at radius 1 is 0.526 bits per heavy atom. The first-order chi connectivity index (χ1) is 5.20. The van der Waals surface area contributed by atoms with Crippen molar-refractivity contribution in [2.24, 2.45) is 0 Å². The van der Waals surface area contributed by atoms with Gasteiger partial charge in [0.05, 0.1) is 0 Å². The topological polar surface area (TPSA) is 309 Å². The predicted octanol–water partition coefficient (Wildman–Crippen LogP) is -8.68. The molecule has 13 heteroatoms. The first-order valence-electron chi connectivity index (χ1n) is 2.72. The third kappa shape index (κ3) is 10200. The van der Waals surface area contributed by atoms with E-state index in [1.54, 1.807) is 0 Å². The van der Waals surface area contributed by atoms with E-state index in [-0.39, 0.29) is 68.5 Å². The molecular formula is C6H21LaO12. The van der Waals surface area contributed by atoms with Gasteiger partial charge >= 0.3 is 35.6 Å². The molecule has 0 aliphatic rings. The van der Waals surface area contributed by atoms with Crippen molar-refractivity contribution >= 4 is 17.9 Å². The second-order valence-corrected chi connectivity index (χ2v) is 1.47. The number of aliphatic carboxylic acids is 3. The number of carboxylic acids is 3. The summed E-state index contributed by atoms with van der Waals surface area (Å²) in [5, 5.41) is 26.7. The molecule has 0 heterocycles. The molecule has 0 aliphatic heterocycles. The summed E-state index contributed by atoms with van der Waals surface area (Å²) >= 11 is 0. The summed E-state index contributed by atoms with van der Waals surface area (Å²) in [7, 11) is 0. The number of hydrogen-bond acceptors (Lipinski definition) is 6. The molecule has 0 atom stereocenters. The smallest absolute Gasteiger partial charge is 0.550 e. The van der Waals surface area contributed by atoms with Crippen molar-refractivity contribution in [2.45, 2.75) is 20.8 Å². The minimum absolute atomic E-state index is 0. The zero-order chi connectivity index (χ0) is 10.7. The van der Waals surface area contributed by atoms with E-state index in [0.717, 1.165) is 20.8 Å². The van der Waals surface area contributed by atoms with Crippen LogP contribution in [0.5, 0.6) is 0 Å². The van der Waals surface area contributed by atoms with E-state index in [4.69, 9.17) is 29.7 Å². The van der Waals surface area contributed by atoms with Gasteiger partial charge in [0.1, 0.15) is 0 Å². The van der Waals surface area contributed by atoms with E-state index in [2.05, 4.69) is 0 Å². The number of carboxylic acid groups (broad SMARTS) is 3. The van der Waals surface area contributed by atoms with Gasteiger partial charge in [-0.25, -0.2) is 0 Å². The van der Waals surface area contributed by atoms with Crippen molar-refractivity contribution in [2.75, 3.05) is 0 Å². The number of rotatable bonds is 0. The first kappa shape index (κ1) is 79.1. The van der Waals surface area contributed by atoms with Crippen LogP contribution in [0.1, 0.15) is 20.8 Å². The molecule has 0 amide bonds. The normalized spacial score (nSPS) is 3.95. The van der Waals surface area contributed by atoms with Gasteiger partial charge in [0.25, 0.3) is 0 Å². The molecule has 0 bridgehead atoms. The minimum atomic E-state index is -1.08. The van der Waals surface area contributed by atoms with Gasteiger partial charge in [0, 0.05) is 17.9 Å². The molecule has 0 rings (SSSR count). The average molecular weight is 424 g/mol. The number of carbonyl (C=O) groups excluding carboxylic acids is 3. The molecule has 12 N–H and O–H groups in total. The van der Waals surface area contributed by atoms with Crippen LogP contribution >= 0.6 is 0 Å². The summed E-state index contributed by atoms with van der Waals surface area (Å²) in [5.74, 6) is -3.25. The Balaban J connectivity index is -0.00000000675. The van der Waals surface area contributed by atoms with Crippen LogP contribution in [0.3, 0.4) is 0 Å². The maximum atomic E-state index is 8.89. The van der Waals surface area contributed by atoms with Crippen molar-refractivity contribution in [1.29, 1.82) is 0 Å². The summed E-state index contributed by atoms with van der Waals surface area (Å²) in [5.41, 5.74) is 0. The van der Waals surface area contributed by atoms with Crippen LogP contribution < -0.4 is 15.3 Å². The van der Waals surface area contributed by atoms with Crippen LogP contribution in [0.25, 0.3) is 0 Å². The van der Waals surface area contributed by atoms with Crippen molar-refractivity contribution in [3.63, 3.8) is 0 Å². The van der Waals surface area contributed by atoms with Gasteiger partial charge in [0.15, 0.2) is 0 Å². The molecule has 0 saturated heterocycles. The van der Waals surface area contributed by atoms with Crippen molar-refractivity contribution in [3.8, 4) is 0 Å². The molecule has 0 aromatic heterocycles. The second-order valence-electron chi connectivity index (χ2n) is 1.47. The summed E-state index contributed by atoms with van der Waals surface area (Å²) in [6.45, 7) is 2.92. The molecule has 19 heavy (non-hydrogen) atoms. The average Bonchev–Trinajstić information content (AvgIpc) is 1.54. The van der Waals surface area contributed by atoms with Crippen LogP contribution in [0, 0.1) is 35.6 Å². The Labute approximate surface area is 136 Å². The van der Waals surface area contributed by atoms with Gasteiger partial charge in [-0.05, 0) is 20.8 Å². The maximum Gasteiger partial charge on any atom is 3.00 e. The van der Waals surface area contributed by atoms with Crippen LogP contribution in [0.15, 0.2) is 0 Å². The van der Waals surface area contributed by atoms with E-state index in [9.17, 15) is 0 Å². The third-order valence-corrected chi connectivity index (χ3v) is 0. The zero-order valence-corrected chi connectivity index (χ0v) is 14.2. The molecule has 0 saturated carbocycles. The van der Waals surface area contributed by atoms with Crippen LogP contribution in [-0.4, -0.2) is 50.8 Å². The Kier molecular flexibility index (Phi) is 277.